The van der Waals surface area contributed by atoms with Gasteiger partial charge in [0.15, 0.2) is 0 Å². The lowest BCUT2D eigenvalue weighted by Gasteiger charge is -2.34. The standard InChI is InChI=1S/C19H29N3O3/c1-21(17(23)13-18(24)8-4-2-5-9-18)14-19(25)10-12-22(15-19)16-7-3-6-11-20-16/h3,6-7,11,24-25H,2,4-5,8-10,12-15H2,1H3. The molecule has 0 bridgehead atoms. The van der Waals surface area contributed by atoms with Crippen molar-refractivity contribution in [3.63, 3.8) is 0 Å². The zero-order valence-corrected chi connectivity index (χ0v) is 15.0. The Bertz CT molecular complexity index is 589. The van der Waals surface area contributed by atoms with E-state index in [9.17, 15) is 15.0 Å². The number of likely N-dealkylation sites (N-methyl/N-ethyl adjacent to an activating group) is 1. The van der Waals surface area contributed by atoms with Crippen molar-refractivity contribution in [2.24, 2.45) is 0 Å². The fraction of sp³-hybridized carbons (Fsp3) is 0.684. The van der Waals surface area contributed by atoms with Crippen LogP contribution in [0.1, 0.15) is 44.9 Å². The van der Waals surface area contributed by atoms with Crippen LogP contribution in [0.25, 0.3) is 0 Å². The molecule has 2 aliphatic rings. The van der Waals surface area contributed by atoms with Gasteiger partial charge >= 0.3 is 0 Å². The summed E-state index contributed by atoms with van der Waals surface area (Å²) in [6.45, 7) is 1.47. The molecule has 0 spiro atoms. The van der Waals surface area contributed by atoms with Gasteiger partial charge in [-0.2, -0.15) is 0 Å². The minimum absolute atomic E-state index is 0.0888. The second-order valence-electron chi connectivity index (χ2n) is 7.80. The van der Waals surface area contributed by atoms with Crippen molar-refractivity contribution in [1.82, 2.24) is 9.88 Å². The number of pyridine rings is 1. The second kappa shape index (κ2) is 7.30. The summed E-state index contributed by atoms with van der Waals surface area (Å²) in [5.74, 6) is 0.762. The number of carbonyl (C=O) groups is 1. The third-order valence-corrected chi connectivity index (χ3v) is 5.53. The Kier molecular flexibility index (Phi) is 5.29. The molecule has 1 aromatic rings. The third-order valence-electron chi connectivity index (χ3n) is 5.53. The maximum atomic E-state index is 12.5. The highest BCUT2D eigenvalue weighted by Gasteiger charge is 2.39. The molecular weight excluding hydrogens is 318 g/mol. The van der Waals surface area contributed by atoms with E-state index in [4.69, 9.17) is 0 Å². The molecule has 138 valence electrons. The number of amides is 1. The highest BCUT2D eigenvalue weighted by molar-refractivity contribution is 5.77. The lowest BCUT2D eigenvalue weighted by molar-refractivity contribution is -0.139. The quantitative estimate of drug-likeness (QED) is 0.845. The van der Waals surface area contributed by atoms with Crippen molar-refractivity contribution in [2.75, 3.05) is 31.6 Å². The van der Waals surface area contributed by atoms with Crippen LogP contribution >= 0.6 is 0 Å². The van der Waals surface area contributed by atoms with E-state index in [1.54, 1.807) is 18.1 Å². The van der Waals surface area contributed by atoms with E-state index in [1.165, 1.54) is 0 Å². The Labute approximate surface area is 149 Å². The minimum atomic E-state index is -0.933. The lowest BCUT2D eigenvalue weighted by atomic mass is 9.82. The average molecular weight is 347 g/mol. The summed E-state index contributed by atoms with van der Waals surface area (Å²) >= 11 is 0. The van der Waals surface area contributed by atoms with E-state index in [0.717, 1.165) is 31.6 Å². The maximum Gasteiger partial charge on any atom is 0.225 e. The molecule has 2 heterocycles. The summed E-state index contributed by atoms with van der Waals surface area (Å²) in [6, 6.07) is 5.73. The highest BCUT2D eigenvalue weighted by Crippen LogP contribution is 2.32. The summed E-state index contributed by atoms with van der Waals surface area (Å²) in [5, 5.41) is 21.5. The minimum Gasteiger partial charge on any atom is -0.389 e. The molecule has 2 fully saturated rings. The van der Waals surface area contributed by atoms with Crippen LogP contribution in [0.4, 0.5) is 5.82 Å². The monoisotopic (exact) mass is 347 g/mol. The van der Waals surface area contributed by atoms with E-state index in [1.807, 2.05) is 23.1 Å². The number of aromatic nitrogens is 1. The van der Waals surface area contributed by atoms with Gasteiger partial charge in [-0.15, -0.1) is 0 Å². The average Bonchev–Trinajstić information content (AvgIpc) is 2.98. The number of nitrogens with zero attached hydrogens (tertiary/aromatic N) is 3. The van der Waals surface area contributed by atoms with Gasteiger partial charge in [-0.1, -0.05) is 25.3 Å². The van der Waals surface area contributed by atoms with Crippen molar-refractivity contribution >= 4 is 11.7 Å². The van der Waals surface area contributed by atoms with Crippen LogP contribution in [-0.2, 0) is 4.79 Å². The molecule has 1 unspecified atom stereocenters. The molecule has 25 heavy (non-hydrogen) atoms. The molecule has 1 aliphatic carbocycles. The van der Waals surface area contributed by atoms with Crippen LogP contribution in [0, 0.1) is 0 Å². The van der Waals surface area contributed by atoms with Gasteiger partial charge in [0.1, 0.15) is 11.4 Å². The first-order chi connectivity index (χ1) is 11.9. The Morgan fingerprint density at radius 1 is 1.20 bits per heavy atom. The van der Waals surface area contributed by atoms with Gasteiger partial charge in [0.05, 0.1) is 18.6 Å². The summed E-state index contributed by atoms with van der Waals surface area (Å²) in [6.07, 6.45) is 7.00. The van der Waals surface area contributed by atoms with Crippen molar-refractivity contribution in [1.29, 1.82) is 0 Å². The topological polar surface area (TPSA) is 76.9 Å². The highest BCUT2D eigenvalue weighted by atomic mass is 16.3. The molecule has 6 nitrogen and oxygen atoms in total. The number of hydrogen-bond acceptors (Lipinski definition) is 5. The molecule has 1 saturated heterocycles. The van der Waals surface area contributed by atoms with E-state index < -0.39 is 11.2 Å². The predicted molar refractivity (Wildman–Crippen MR) is 96.3 cm³/mol. The van der Waals surface area contributed by atoms with Crippen molar-refractivity contribution < 1.29 is 15.0 Å². The second-order valence-corrected chi connectivity index (χ2v) is 7.80. The van der Waals surface area contributed by atoms with Gasteiger partial charge in [0.2, 0.25) is 5.91 Å². The van der Waals surface area contributed by atoms with Crippen molar-refractivity contribution in [3.05, 3.63) is 24.4 Å². The van der Waals surface area contributed by atoms with Crippen molar-refractivity contribution in [3.8, 4) is 0 Å². The number of hydrogen-bond donors (Lipinski definition) is 2. The van der Waals surface area contributed by atoms with E-state index in [-0.39, 0.29) is 18.9 Å². The third kappa shape index (κ3) is 4.50. The summed E-state index contributed by atoms with van der Waals surface area (Å²) in [5.41, 5.74) is -1.79. The number of carbonyl (C=O) groups excluding carboxylic acids is 1. The predicted octanol–water partition coefficient (Wildman–Crippen LogP) is 1.57. The normalized spacial score (nSPS) is 25.8. The molecular formula is C19H29N3O3. The van der Waals surface area contributed by atoms with Crippen molar-refractivity contribution in [2.45, 2.75) is 56.1 Å². The van der Waals surface area contributed by atoms with Gasteiger partial charge in [0, 0.05) is 26.3 Å². The number of aliphatic hydroxyl groups is 2. The smallest absolute Gasteiger partial charge is 0.225 e. The summed E-state index contributed by atoms with van der Waals surface area (Å²) < 4.78 is 0. The van der Waals surface area contributed by atoms with Gasteiger partial charge < -0.3 is 20.0 Å². The van der Waals surface area contributed by atoms with E-state index in [2.05, 4.69) is 4.98 Å². The van der Waals surface area contributed by atoms with Crippen LogP contribution in [-0.4, -0.2) is 63.9 Å². The molecule has 0 aromatic carbocycles. The zero-order valence-electron chi connectivity index (χ0n) is 15.0. The molecule has 6 heteroatoms. The fourth-order valence-corrected chi connectivity index (χ4v) is 4.05. The van der Waals surface area contributed by atoms with Crippen LogP contribution in [0.15, 0.2) is 24.4 Å². The van der Waals surface area contributed by atoms with E-state index >= 15 is 0 Å². The largest absolute Gasteiger partial charge is 0.389 e. The Hall–Kier alpha value is -1.66. The molecule has 0 radical (unpaired) electrons. The number of anilines is 1. The van der Waals surface area contributed by atoms with Crippen LogP contribution in [0.3, 0.4) is 0 Å². The molecule has 1 amide bonds. The number of β-amino-alcohol motifs (C(OH)–C–C–N with tert-alkyl or cyclic N) is 1. The molecule has 1 atom stereocenters. The van der Waals surface area contributed by atoms with Gasteiger partial charge in [-0.3, -0.25) is 4.79 Å². The van der Waals surface area contributed by atoms with Crippen LogP contribution in [0.5, 0.6) is 0 Å². The first-order valence-corrected chi connectivity index (χ1v) is 9.24. The van der Waals surface area contributed by atoms with Gasteiger partial charge in [-0.05, 0) is 31.4 Å². The zero-order chi connectivity index (χ0) is 17.9. The molecule has 2 N–H and O–H groups in total. The Morgan fingerprint density at radius 2 is 1.96 bits per heavy atom. The Balaban J connectivity index is 1.55. The maximum absolute atomic E-state index is 12.5. The lowest BCUT2D eigenvalue weighted by Crippen LogP contribution is -2.47. The number of rotatable bonds is 5. The first-order valence-electron chi connectivity index (χ1n) is 9.24. The molecule has 3 rings (SSSR count). The molecule has 1 saturated carbocycles. The van der Waals surface area contributed by atoms with E-state index in [0.29, 0.717) is 25.8 Å². The molecule has 1 aromatic heterocycles. The summed E-state index contributed by atoms with van der Waals surface area (Å²) in [7, 11) is 1.72. The SMILES string of the molecule is CN(CC1(O)CCN(c2ccccn2)C1)C(=O)CC1(O)CCCCC1. The van der Waals surface area contributed by atoms with Crippen LogP contribution < -0.4 is 4.90 Å². The fourth-order valence-electron chi connectivity index (χ4n) is 4.05. The molecule has 1 aliphatic heterocycles. The van der Waals surface area contributed by atoms with Gasteiger partial charge in [0.25, 0.3) is 0 Å². The van der Waals surface area contributed by atoms with Gasteiger partial charge in [-0.25, -0.2) is 4.98 Å². The van der Waals surface area contributed by atoms with Crippen LogP contribution in [0.2, 0.25) is 0 Å². The first kappa shape index (κ1) is 18.1. The summed E-state index contributed by atoms with van der Waals surface area (Å²) in [4.78, 5) is 20.5. The Morgan fingerprint density at radius 3 is 2.64 bits per heavy atom.